The lowest BCUT2D eigenvalue weighted by atomic mass is 9.96. The van der Waals surface area contributed by atoms with Gasteiger partial charge in [0, 0.05) is 5.92 Å². The molecule has 0 saturated heterocycles. The number of hydrogen-bond acceptors (Lipinski definition) is 3. The predicted molar refractivity (Wildman–Crippen MR) is 56.0 cm³/mol. The van der Waals surface area contributed by atoms with E-state index in [0.717, 1.165) is 0 Å². The quantitative estimate of drug-likeness (QED) is 0.427. The van der Waals surface area contributed by atoms with Crippen molar-refractivity contribution in [2.75, 3.05) is 0 Å². The third-order valence-corrected chi connectivity index (χ3v) is 3.37. The molecule has 1 aliphatic rings. The maximum Gasteiger partial charge on any atom is 0.525 e. The maximum atomic E-state index is 14.0. The minimum absolute atomic E-state index is 0.0722. The zero-order chi connectivity index (χ0) is 20.6. The van der Waals surface area contributed by atoms with Crippen molar-refractivity contribution in [2.24, 2.45) is 5.92 Å². The van der Waals surface area contributed by atoms with Crippen molar-refractivity contribution in [1.82, 2.24) is 0 Å². The first kappa shape index (κ1) is 23.1. The monoisotopic (exact) mass is 418 g/mol. The number of hydrogen-bond donors (Lipinski definition) is 0. The van der Waals surface area contributed by atoms with Gasteiger partial charge in [-0.25, -0.2) is 4.39 Å². The molecule has 0 aliphatic heterocycles. The van der Waals surface area contributed by atoms with Gasteiger partial charge in [0.25, 0.3) is 6.36 Å². The normalized spacial score (nSPS) is 19.8. The van der Waals surface area contributed by atoms with E-state index < -0.39 is 55.9 Å². The number of rotatable bonds is 6. The lowest BCUT2D eigenvalue weighted by Gasteiger charge is -2.41. The summed E-state index contributed by atoms with van der Waals surface area (Å²) in [6.07, 6.45) is -31.2. The number of halogens is 12. The van der Waals surface area contributed by atoms with Crippen LogP contribution in [-0.4, -0.2) is 37.2 Å². The summed E-state index contributed by atoms with van der Waals surface area (Å²) in [6, 6.07) is 0. The van der Waals surface area contributed by atoms with Crippen molar-refractivity contribution in [3.63, 3.8) is 0 Å². The maximum absolute atomic E-state index is 14.0. The molecule has 3 nitrogen and oxygen atoms in total. The van der Waals surface area contributed by atoms with Gasteiger partial charge in [0.2, 0.25) is 5.79 Å². The van der Waals surface area contributed by atoms with E-state index in [4.69, 9.17) is 0 Å². The molecule has 1 aliphatic carbocycles. The summed E-state index contributed by atoms with van der Waals surface area (Å²) in [5.74, 6) is -6.80. The number of ether oxygens (including phenoxy) is 3. The highest BCUT2D eigenvalue weighted by Gasteiger charge is 2.67. The topological polar surface area (TPSA) is 27.7 Å². The molecule has 1 unspecified atom stereocenters. The molecule has 1 rings (SSSR count). The van der Waals surface area contributed by atoms with Gasteiger partial charge < -0.3 is 0 Å². The van der Waals surface area contributed by atoms with Crippen LogP contribution in [0.2, 0.25) is 0 Å². The van der Waals surface area contributed by atoms with Crippen molar-refractivity contribution in [3.05, 3.63) is 0 Å². The van der Waals surface area contributed by atoms with Crippen LogP contribution in [-0.2, 0) is 14.2 Å². The minimum Gasteiger partial charge on any atom is -0.273 e. The second kappa shape index (κ2) is 7.22. The molecular formula is C11H10F12O3. The average Bonchev–Trinajstić information content (AvgIpc) is 2.86. The van der Waals surface area contributed by atoms with Gasteiger partial charge in [-0.1, -0.05) is 12.8 Å². The molecule has 0 amide bonds. The molecular weight excluding hydrogens is 408 g/mol. The fraction of sp³-hybridized carbons (Fsp3) is 1.00. The summed E-state index contributed by atoms with van der Waals surface area (Å²) >= 11 is 0. The molecule has 0 N–H and O–H groups in total. The second-order valence-corrected chi connectivity index (χ2v) is 5.25. The van der Waals surface area contributed by atoms with Gasteiger partial charge in [0.15, 0.2) is 0 Å². The Labute approximate surface area is 137 Å². The van der Waals surface area contributed by atoms with Crippen molar-refractivity contribution >= 4 is 0 Å². The summed E-state index contributed by atoms with van der Waals surface area (Å²) in [4.78, 5) is 0. The molecule has 26 heavy (non-hydrogen) atoms. The molecule has 1 atom stereocenters. The summed E-state index contributed by atoms with van der Waals surface area (Å²) in [7, 11) is 0. The van der Waals surface area contributed by atoms with E-state index >= 15 is 0 Å². The zero-order valence-corrected chi connectivity index (χ0v) is 12.2. The van der Waals surface area contributed by atoms with Crippen LogP contribution >= 0.6 is 0 Å². The molecule has 0 aromatic heterocycles. The lowest BCUT2D eigenvalue weighted by Crippen LogP contribution is -2.59. The Bertz CT molecular complexity index is 447. The highest BCUT2D eigenvalue weighted by Crippen LogP contribution is 2.49. The Balaban J connectivity index is 3.34. The Kier molecular flexibility index (Phi) is 6.41. The second-order valence-electron chi connectivity index (χ2n) is 5.25. The van der Waals surface area contributed by atoms with Crippen molar-refractivity contribution in [1.29, 1.82) is 0 Å². The van der Waals surface area contributed by atoms with Gasteiger partial charge in [-0.05, 0) is 12.8 Å². The van der Waals surface area contributed by atoms with Gasteiger partial charge in [-0.15, -0.1) is 26.3 Å². The Hall–Kier alpha value is -0.960. The first-order valence-electron chi connectivity index (χ1n) is 6.70. The average molecular weight is 418 g/mol. The molecule has 0 radical (unpaired) electrons. The van der Waals surface area contributed by atoms with Gasteiger partial charge in [-0.3, -0.25) is 14.2 Å². The third-order valence-electron chi connectivity index (χ3n) is 3.37. The third kappa shape index (κ3) is 5.77. The van der Waals surface area contributed by atoms with Gasteiger partial charge in [-0.2, -0.15) is 22.0 Å². The van der Waals surface area contributed by atoms with Gasteiger partial charge in [0.05, 0.1) is 0 Å². The highest BCUT2D eigenvalue weighted by molar-refractivity contribution is 4.88. The highest BCUT2D eigenvalue weighted by atomic mass is 19.4. The van der Waals surface area contributed by atoms with E-state index in [1.54, 1.807) is 0 Å². The largest absolute Gasteiger partial charge is 0.525 e. The van der Waals surface area contributed by atoms with Crippen LogP contribution in [0.25, 0.3) is 0 Å². The lowest BCUT2D eigenvalue weighted by molar-refractivity contribution is -0.532. The van der Waals surface area contributed by atoms with E-state index in [1.165, 1.54) is 0 Å². The fourth-order valence-corrected chi connectivity index (χ4v) is 2.43. The smallest absolute Gasteiger partial charge is 0.273 e. The summed E-state index contributed by atoms with van der Waals surface area (Å²) in [5.41, 5.74) is 0. The molecule has 0 spiro atoms. The Morgan fingerprint density at radius 3 is 1.38 bits per heavy atom. The van der Waals surface area contributed by atoms with Crippen molar-refractivity contribution < 1.29 is 66.9 Å². The summed E-state index contributed by atoms with van der Waals surface area (Å²) in [5, 5.41) is 0. The molecule has 1 fully saturated rings. The van der Waals surface area contributed by atoms with E-state index in [1.807, 2.05) is 0 Å². The van der Waals surface area contributed by atoms with Crippen LogP contribution in [0, 0.1) is 5.92 Å². The fourth-order valence-electron chi connectivity index (χ4n) is 2.43. The van der Waals surface area contributed by atoms with E-state index in [-0.39, 0.29) is 12.8 Å². The first-order valence-corrected chi connectivity index (χ1v) is 6.70. The minimum atomic E-state index is -6.62. The summed E-state index contributed by atoms with van der Waals surface area (Å²) < 4.78 is 159. The van der Waals surface area contributed by atoms with E-state index in [2.05, 4.69) is 14.2 Å². The molecule has 1 saturated carbocycles. The first-order chi connectivity index (χ1) is 11.4. The Morgan fingerprint density at radius 2 is 1.08 bits per heavy atom. The van der Waals surface area contributed by atoms with Crippen LogP contribution in [0.1, 0.15) is 25.7 Å². The SMILES string of the molecule is FC(OC(F)(F)C(F)(F)F)C(OC(F)(F)F)(OC(F)(F)F)C1CCCC1. The molecule has 156 valence electrons. The van der Waals surface area contributed by atoms with Crippen LogP contribution in [0.15, 0.2) is 0 Å². The molecule has 0 aromatic carbocycles. The molecule has 0 heterocycles. The standard InChI is InChI=1S/C11H10F12O3/c12-6(24-9(16,17)8(13,14)15)7(25-10(18,19)20,26-11(21,22)23)5-3-1-2-4-5/h5-6H,1-4H2. The molecule has 0 aromatic rings. The van der Waals surface area contributed by atoms with Crippen molar-refractivity contribution in [3.8, 4) is 0 Å². The van der Waals surface area contributed by atoms with E-state index in [0.29, 0.717) is 0 Å². The molecule has 15 heteroatoms. The van der Waals surface area contributed by atoms with Crippen molar-refractivity contribution in [2.45, 2.75) is 62.8 Å². The van der Waals surface area contributed by atoms with E-state index in [9.17, 15) is 52.7 Å². The van der Waals surface area contributed by atoms with Gasteiger partial charge >= 0.3 is 25.0 Å². The Morgan fingerprint density at radius 1 is 0.692 bits per heavy atom. The molecule has 0 bridgehead atoms. The zero-order valence-electron chi connectivity index (χ0n) is 12.2. The van der Waals surface area contributed by atoms with Gasteiger partial charge in [0.1, 0.15) is 0 Å². The number of alkyl halides is 12. The van der Waals surface area contributed by atoms with Crippen LogP contribution < -0.4 is 0 Å². The van der Waals surface area contributed by atoms with Crippen LogP contribution in [0.5, 0.6) is 0 Å². The predicted octanol–water partition coefficient (Wildman–Crippen LogP) is 5.41. The van der Waals surface area contributed by atoms with Crippen LogP contribution in [0.4, 0.5) is 52.7 Å². The van der Waals surface area contributed by atoms with Crippen LogP contribution in [0.3, 0.4) is 0 Å². The summed E-state index contributed by atoms with van der Waals surface area (Å²) in [6.45, 7) is 0.